The van der Waals surface area contributed by atoms with Crippen LogP contribution < -0.4 is 5.32 Å². The zero-order valence-electron chi connectivity index (χ0n) is 11.5. The molecule has 1 aromatic carbocycles. The lowest BCUT2D eigenvalue weighted by atomic mass is 9.96. The molecule has 0 saturated carbocycles. The fraction of sp³-hybridized carbons (Fsp3) is 0.625. The number of hydrogen-bond acceptors (Lipinski definition) is 2. The summed E-state index contributed by atoms with van der Waals surface area (Å²) in [6.07, 6.45) is 3.99. The minimum atomic E-state index is 0.520. The number of hydrogen-bond donors (Lipinski definition) is 1. The average Bonchev–Trinajstić information content (AvgIpc) is 2.77. The summed E-state index contributed by atoms with van der Waals surface area (Å²) in [7, 11) is 2.10. The Morgan fingerprint density at radius 2 is 2.11 bits per heavy atom. The summed E-state index contributed by atoms with van der Waals surface area (Å²) < 4.78 is 0. The minimum Gasteiger partial charge on any atom is -0.312 e. The molecule has 98 valence electrons. The molecule has 1 saturated heterocycles. The van der Waals surface area contributed by atoms with Gasteiger partial charge in [0.15, 0.2) is 0 Å². The van der Waals surface area contributed by atoms with Gasteiger partial charge < -0.3 is 5.32 Å². The highest BCUT2D eigenvalue weighted by Gasteiger charge is 2.36. The number of nitrogens with zero attached hydrogens (tertiary/aromatic N) is 1. The molecule has 1 aliphatic carbocycles. The number of rotatable bonds is 2. The molecule has 0 amide bonds. The first-order valence-electron chi connectivity index (χ1n) is 7.28. The second-order valence-electron chi connectivity index (χ2n) is 5.98. The van der Waals surface area contributed by atoms with Crippen LogP contribution in [0.4, 0.5) is 0 Å². The van der Waals surface area contributed by atoms with Crippen molar-refractivity contribution >= 4 is 0 Å². The first-order valence-corrected chi connectivity index (χ1v) is 7.28. The van der Waals surface area contributed by atoms with Gasteiger partial charge in [-0.3, -0.25) is 4.90 Å². The second kappa shape index (κ2) is 5.02. The third kappa shape index (κ3) is 2.08. The van der Waals surface area contributed by atoms with E-state index in [1.165, 1.54) is 37.9 Å². The monoisotopic (exact) mass is 244 g/mol. The maximum Gasteiger partial charge on any atom is 0.0481 e. The lowest BCUT2D eigenvalue weighted by Crippen LogP contribution is -2.46. The summed E-state index contributed by atoms with van der Waals surface area (Å²) in [6.45, 7) is 4.95. The van der Waals surface area contributed by atoms with Crippen LogP contribution in [0.5, 0.6) is 0 Å². The Labute approximate surface area is 110 Å². The molecule has 2 heteroatoms. The summed E-state index contributed by atoms with van der Waals surface area (Å²) >= 11 is 0. The van der Waals surface area contributed by atoms with Crippen LogP contribution in [0.15, 0.2) is 24.3 Å². The van der Waals surface area contributed by atoms with Gasteiger partial charge in [-0.15, -0.1) is 0 Å². The summed E-state index contributed by atoms with van der Waals surface area (Å²) in [5, 5.41) is 3.54. The van der Waals surface area contributed by atoms with Crippen LogP contribution >= 0.6 is 0 Å². The Hall–Kier alpha value is -0.860. The predicted octanol–water partition coefficient (Wildman–Crippen LogP) is 2.60. The Balaban J connectivity index is 1.82. The Kier molecular flexibility index (Phi) is 3.40. The van der Waals surface area contributed by atoms with E-state index in [0.29, 0.717) is 12.1 Å². The normalized spacial score (nSPS) is 32.4. The smallest absolute Gasteiger partial charge is 0.0481 e. The third-order valence-corrected chi connectivity index (χ3v) is 4.67. The zero-order valence-corrected chi connectivity index (χ0v) is 11.5. The van der Waals surface area contributed by atoms with Crippen LogP contribution in [0.2, 0.25) is 0 Å². The third-order valence-electron chi connectivity index (χ3n) is 4.67. The van der Waals surface area contributed by atoms with Crippen molar-refractivity contribution in [3.63, 3.8) is 0 Å². The van der Waals surface area contributed by atoms with E-state index in [1.54, 1.807) is 5.56 Å². The van der Waals surface area contributed by atoms with Crippen LogP contribution in [0.3, 0.4) is 0 Å². The lowest BCUT2D eigenvalue weighted by Gasteiger charge is -2.38. The van der Waals surface area contributed by atoms with E-state index in [0.717, 1.165) is 5.92 Å². The molecule has 0 bridgehead atoms. The molecule has 3 rings (SSSR count). The SMILES string of the molecule is CNC1c2ccccc2CC1N1CCCC(C)C1. The Bertz CT molecular complexity index is 415. The molecule has 0 spiro atoms. The molecule has 1 aliphatic heterocycles. The van der Waals surface area contributed by atoms with Crippen molar-refractivity contribution in [2.24, 2.45) is 5.92 Å². The molecule has 0 aromatic heterocycles. The Morgan fingerprint density at radius 1 is 1.28 bits per heavy atom. The Morgan fingerprint density at radius 3 is 2.89 bits per heavy atom. The minimum absolute atomic E-state index is 0.520. The van der Waals surface area contributed by atoms with Gasteiger partial charge in [-0.1, -0.05) is 31.2 Å². The predicted molar refractivity (Wildman–Crippen MR) is 75.7 cm³/mol. The average molecular weight is 244 g/mol. The molecule has 1 aromatic rings. The van der Waals surface area contributed by atoms with Crippen LogP contribution in [-0.2, 0) is 6.42 Å². The van der Waals surface area contributed by atoms with Crippen molar-refractivity contribution < 1.29 is 0 Å². The summed E-state index contributed by atoms with van der Waals surface area (Å²) in [5.74, 6) is 0.861. The van der Waals surface area contributed by atoms with Crippen LogP contribution in [-0.4, -0.2) is 31.1 Å². The van der Waals surface area contributed by atoms with E-state index in [1.807, 2.05) is 0 Å². The van der Waals surface area contributed by atoms with Gasteiger partial charge in [0.25, 0.3) is 0 Å². The topological polar surface area (TPSA) is 15.3 Å². The van der Waals surface area contributed by atoms with Gasteiger partial charge in [-0.25, -0.2) is 0 Å². The van der Waals surface area contributed by atoms with Crippen molar-refractivity contribution in [3.8, 4) is 0 Å². The molecule has 2 aliphatic rings. The highest BCUT2D eigenvalue weighted by Crippen LogP contribution is 2.35. The van der Waals surface area contributed by atoms with Crippen molar-refractivity contribution in [1.82, 2.24) is 10.2 Å². The molecule has 1 fully saturated rings. The number of fused-ring (bicyclic) bond motifs is 1. The maximum atomic E-state index is 3.54. The molecule has 1 N–H and O–H groups in total. The second-order valence-corrected chi connectivity index (χ2v) is 5.98. The van der Waals surface area contributed by atoms with Gasteiger partial charge in [-0.2, -0.15) is 0 Å². The van der Waals surface area contributed by atoms with E-state index >= 15 is 0 Å². The molecule has 18 heavy (non-hydrogen) atoms. The van der Waals surface area contributed by atoms with E-state index < -0.39 is 0 Å². The highest BCUT2D eigenvalue weighted by molar-refractivity contribution is 5.37. The molecule has 1 heterocycles. The molecular weight excluding hydrogens is 220 g/mol. The molecule has 0 radical (unpaired) electrons. The fourth-order valence-corrected chi connectivity index (χ4v) is 3.79. The fourth-order valence-electron chi connectivity index (χ4n) is 3.79. The number of likely N-dealkylation sites (tertiary alicyclic amines) is 1. The van der Waals surface area contributed by atoms with Crippen LogP contribution in [0.25, 0.3) is 0 Å². The summed E-state index contributed by atoms with van der Waals surface area (Å²) in [4.78, 5) is 2.72. The van der Waals surface area contributed by atoms with Crippen molar-refractivity contribution in [3.05, 3.63) is 35.4 Å². The molecular formula is C16H24N2. The standard InChI is InChI=1S/C16H24N2/c1-12-6-5-9-18(11-12)15-10-13-7-3-4-8-14(13)16(15)17-2/h3-4,7-8,12,15-17H,5-6,9-11H2,1-2H3. The van der Waals surface area contributed by atoms with Gasteiger partial charge in [0.1, 0.15) is 0 Å². The summed E-state index contributed by atoms with van der Waals surface area (Å²) in [6, 6.07) is 10.1. The molecule has 3 atom stereocenters. The first kappa shape index (κ1) is 12.2. The van der Waals surface area contributed by atoms with Gasteiger partial charge in [0, 0.05) is 18.6 Å². The molecule has 3 unspecified atom stereocenters. The number of likely N-dealkylation sites (N-methyl/N-ethyl adjacent to an activating group) is 1. The van der Waals surface area contributed by atoms with Gasteiger partial charge >= 0.3 is 0 Å². The van der Waals surface area contributed by atoms with E-state index in [2.05, 4.69) is 48.5 Å². The van der Waals surface area contributed by atoms with Crippen molar-refractivity contribution in [1.29, 1.82) is 0 Å². The first-order chi connectivity index (χ1) is 8.79. The van der Waals surface area contributed by atoms with Crippen LogP contribution in [0, 0.1) is 5.92 Å². The van der Waals surface area contributed by atoms with E-state index in [-0.39, 0.29) is 0 Å². The lowest BCUT2D eigenvalue weighted by molar-refractivity contribution is 0.112. The number of piperidine rings is 1. The quantitative estimate of drug-likeness (QED) is 0.860. The number of nitrogens with one attached hydrogen (secondary N) is 1. The highest BCUT2D eigenvalue weighted by atomic mass is 15.2. The number of benzene rings is 1. The van der Waals surface area contributed by atoms with E-state index in [4.69, 9.17) is 0 Å². The van der Waals surface area contributed by atoms with Gasteiger partial charge in [-0.05, 0) is 49.9 Å². The summed E-state index contributed by atoms with van der Waals surface area (Å²) in [5.41, 5.74) is 3.06. The largest absolute Gasteiger partial charge is 0.312 e. The zero-order chi connectivity index (χ0) is 12.5. The van der Waals surface area contributed by atoms with Gasteiger partial charge in [0.05, 0.1) is 0 Å². The van der Waals surface area contributed by atoms with Crippen molar-refractivity contribution in [2.45, 2.75) is 38.3 Å². The van der Waals surface area contributed by atoms with Crippen LogP contribution in [0.1, 0.15) is 36.9 Å². The van der Waals surface area contributed by atoms with Gasteiger partial charge in [0.2, 0.25) is 0 Å². The maximum absolute atomic E-state index is 3.54. The van der Waals surface area contributed by atoms with E-state index in [9.17, 15) is 0 Å². The van der Waals surface area contributed by atoms with Crippen molar-refractivity contribution in [2.75, 3.05) is 20.1 Å². The molecule has 2 nitrogen and oxygen atoms in total.